The molecule has 218 valence electrons. The fraction of sp³-hybridized carbons (Fsp3) is 0.586. The van der Waals surface area contributed by atoms with Crippen molar-refractivity contribution in [2.45, 2.75) is 90.4 Å². The average Bonchev–Trinajstić information content (AvgIpc) is 3.33. The summed E-state index contributed by atoms with van der Waals surface area (Å²) in [6.45, 7) is 5.64. The van der Waals surface area contributed by atoms with E-state index < -0.39 is 0 Å². The highest BCUT2D eigenvalue weighted by Crippen LogP contribution is 2.24. The van der Waals surface area contributed by atoms with E-state index in [0.29, 0.717) is 25.6 Å². The quantitative estimate of drug-likeness (QED) is 0.153. The Hall–Kier alpha value is -3.44. The minimum atomic E-state index is -0.307. The lowest BCUT2D eigenvalue weighted by atomic mass is 10.1. The number of ether oxygens (including phenoxy) is 2. The average molecular weight is 554 g/mol. The summed E-state index contributed by atoms with van der Waals surface area (Å²) in [6.07, 6.45) is 10.7. The molecule has 1 amide bonds. The van der Waals surface area contributed by atoms with Crippen LogP contribution in [-0.4, -0.2) is 51.0 Å². The van der Waals surface area contributed by atoms with Crippen molar-refractivity contribution in [3.05, 3.63) is 30.6 Å². The lowest BCUT2D eigenvalue weighted by Gasteiger charge is -2.22. The molecule has 0 aliphatic carbocycles. The number of aryl methyl sites for hydroxylation is 1. The summed E-state index contributed by atoms with van der Waals surface area (Å²) >= 11 is 0. The van der Waals surface area contributed by atoms with Gasteiger partial charge in [0, 0.05) is 38.2 Å². The summed E-state index contributed by atoms with van der Waals surface area (Å²) in [7, 11) is 1.93. The fourth-order valence-corrected chi connectivity index (χ4v) is 4.58. The van der Waals surface area contributed by atoms with Gasteiger partial charge in [0.15, 0.2) is 23.3 Å². The maximum absolute atomic E-state index is 11.9. The summed E-state index contributed by atoms with van der Waals surface area (Å²) < 4.78 is 13.2. The van der Waals surface area contributed by atoms with Crippen LogP contribution < -0.4 is 20.9 Å². The highest BCUT2D eigenvalue weighted by molar-refractivity contribution is 5.84. The summed E-state index contributed by atoms with van der Waals surface area (Å²) in [5.41, 5.74) is 4.92. The van der Waals surface area contributed by atoms with Gasteiger partial charge in [-0.15, -0.1) is 0 Å². The first-order chi connectivity index (χ1) is 19.5. The Balaban J connectivity index is 1.16. The maximum atomic E-state index is 11.9. The molecule has 11 nitrogen and oxygen atoms in total. The molecule has 1 aliphatic heterocycles. The Morgan fingerprint density at radius 2 is 1.98 bits per heavy atom. The number of benzene rings is 1. The van der Waals surface area contributed by atoms with Crippen LogP contribution >= 0.6 is 0 Å². The number of hydroxylamine groups is 1. The smallest absolute Gasteiger partial charge is 0.243 e. The third kappa shape index (κ3) is 9.06. The number of unbranched alkanes of at least 4 members (excludes halogenated alkanes) is 3. The van der Waals surface area contributed by atoms with Crippen molar-refractivity contribution in [2.24, 2.45) is 7.05 Å². The lowest BCUT2D eigenvalue weighted by molar-refractivity contribution is -0.200. The first-order valence-corrected chi connectivity index (χ1v) is 14.5. The molecule has 2 unspecified atom stereocenters. The number of carbonyl (C=O) groups is 1. The Kier molecular flexibility index (Phi) is 11.4. The Morgan fingerprint density at radius 3 is 2.75 bits per heavy atom. The van der Waals surface area contributed by atoms with E-state index >= 15 is 0 Å². The minimum Gasteiger partial charge on any atom is -0.494 e. The number of amides is 1. The Bertz CT molecular complexity index is 1200. The van der Waals surface area contributed by atoms with Gasteiger partial charge in [-0.25, -0.2) is 15.3 Å². The molecule has 11 heteroatoms. The van der Waals surface area contributed by atoms with Crippen molar-refractivity contribution in [3.8, 4) is 5.75 Å². The largest absolute Gasteiger partial charge is 0.494 e. The number of nitrogens with zero attached hydrogens (tertiary/aromatic N) is 4. The molecule has 1 aromatic carbocycles. The molecule has 0 bridgehead atoms. The number of hydrogen-bond acceptors (Lipinski definition) is 9. The van der Waals surface area contributed by atoms with Crippen LogP contribution in [0.4, 0.5) is 17.5 Å². The molecule has 40 heavy (non-hydrogen) atoms. The van der Waals surface area contributed by atoms with Crippen LogP contribution in [0.25, 0.3) is 11.2 Å². The van der Waals surface area contributed by atoms with Gasteiger partial charge in [0.1, 0.15) is 5.75 Å². The molecule has 0 saturated carbocycles. The molecule has 4 rings (SSSR count). The van der Waals surface area contributed by atoms with E-state index in [1.54, 1.807) is 6.33 Å². The van der Waals surface area contributed by atoms with Gasteiger partial charge in [0.05, 0.1) is 12.9 Å². The van der Waals surface area contributed by atoms with Crippen LogP contribution in [0.3, 0.4) is 0 Å². The first kappa shape index (κ1) is 29.5. The van der Waals surface area contributed by atoms with E-state index in [-0.39, 0.29) is 18.2 Å². The highest BCUT2D eigenvalue weighted by atomic mass is 16.8. The third-order valence-electron chi connectivity index (χ3n) is 6.78. The molecular formula is C29H43N7O4. The van der Waals surface area contributed by atoms with Crippen molar-refractivity contribution in [3.63, 3.8) is 0 Å². The van der Waals surface area contributed by atoms with Gasteiger partial charge in [-0.2, -0.15) is 9.97 Å². The fourth-order valence-electron chi connectivity index (χ4n) is 4.58. The predicted octanol–water partition coefficient (Wildman–Crippen LogP) is 5.61. The summed E-state index contributed by atoms with van der Waals surface area (Å²) in [5, 5.41) is 6.79. The number of nitrogens with one attached hydrogen (secondary N) is 3. The second-order valence-electron chi connectivity index (χ2n) is 10.4. The van der Waals surface area contributed by atoms with Gasteiger partial charge in [0.25, 0.3) is 0 Å². The van der Waals surface area contributed by atoms with Crippen LogP contribution in [0.5, 0.6) is 5.75 Å². The number of hydrogen-bond donors (Lipinski definition) is 3. The second-order valence-corrected chi connectivity index (χ2v) is 10.4. The van der Waals surface area contributed by atoms with Gasteiger partial charge in [-0.3, -0.25) is 4.79 Å². The highest BCUT2D eigenvalue weighted by Gasteiger charge is 2.16. The van der Waals surface area contributed by atoms with E-state index in [1.807, 2.05) is 35.9 Å². The molecule has 2 atom stereocenters. The number of imidazole rings is 1. The topological polar surface area (TPSA) is 124 Å². The molecule has 0 radical (unpaired) electrons. The monoisotopic (exact) mass is 553 g/mol. The molecule has 0 spiro atoms. The van der Waals surface area contributed by atoms with Gasteiger partial charge < -0.3 is 24.7 Å². The number of anilines is 3. The second kappa shape index (κ2) is 15.4. The summed E-state index contributed by atoms with van der Waals surface area (Å²) in [4.78, 5) is 31.1. The van der Waals surface area contributed by atoms with Gasteiger partial charge in [0.2, 0.25) is 11.9 Å². The number of aromatic nitrogens is 4. The standard InChI is InChI=1S/C29H43N7O4/c1-4-11-21(2)31-27-26-28(36(3)20-30-26)34-29(33-27)32-22-14-16-23(17-15-22)38-18-9-6-5-7-12-24(37)35-40-25-13-8-10-19-39-25/h14-17,20-21,25H,4-13,18-19H2,1-3H3,(H,35,37)(H2,31,32,33,34). The lowest BCUT2D eigenvalue weighted by Crippen LogP contribution is -2.32. The SMILES string of the molecule is CCCC(C)Nc1nc(Nc2ccc(OCCCCCCC(=O)NOC3CCCCO3)cc2)nc2c1ncn2C. The van der Waals surface area contributed by atoms with Crippen LogP contribution in [0.15, 0.2) is 30.6 Å². The Morgan fingerprint density at radius 1 is 1.15 bits per heavy atom. The zero-order chi connectivity index (χ0) is 28.2. The van der Waals surface area contributed by atoms with Gasteiger partial charge in [-0.05, 0) is 63.3 Å². The van der Waals surface area contributed by atoms with E-state index in [9.17, 15) is 4.79 Å². The number of fused-ring (bicyclic) bond motifs is 1. The van der Waals surface area contributed by atoms with Crippen molar-refractivity contribution in [2.75, 3.05) is 23.8 Å². The number of rotatable bonds is 16. The normalized spacial score (nSPS) is 16.0. The van der Waals surface area contributed by atoms with Gasteiger partial charge in [-0.1, -0.05) is 26.2 Å². The molecule has 2 aromatic heterocycles. The maximum Gasteiger partial charge on any atom is 0.243 e. The predicted molar refractivity (Wildman–Crippen MR) is 155 cm³/mol. The van der Waals surface area contributed by atoms with E-state index in [0.717, 1.165) is 86.2 Å². The molecular weight excluding hydrogens is 510 g/mol. The molecule has 1 aliphatic rings. The van der Waals surface area contributed by atoms with Crippen molar-refractivity contribution in [1.82, 2.24) is 25.0 Å². The molecule has 3 aromatic rings. The zero-order valence-corrected chi connectivity index (χ0v) is 23.9. The molecule has 3 N–H and O–H groups in total. The van der Waals surface area contributed by atoms with Crippen LogP contribution in [0, 0.1) is 0 Å². The van der Waals surface area contributed by atoms with Crippen molar-refractivity contribution in [1.29, 1.82) is 0 Å². The van der Waals surface area contributed by atoms with Gasteiger partial charge >= 0.3 is 0 Å². The van der Waals surface area contributed by atoms with E-state index in [4.69, 9.17) is 19.3 Å². The molecule has 1 fully saturated rings. The minimum absolute atomic E-state index is 0.0942. The van der Waals surface area contributed by atoms with Crippen molar-refractivity contribution >= 4 is 34.5 Å². The molecule has 3 heterocycles. The van der Waals surface area contributed by atoms with Crippen LogP contribution in [-0.2, 0) is 21.4 Å². The summed E-state index contributed by atoms with van der Waals surface area (Å²) in [6, 6.07) is 8.08. The van der Waals surface area contributed by atoms with Crippen LogP contribution in [0.2, 0.25) is 0 Å². The first-order valence-electron chi connectivity index (χ1n) is 14.5. The number of carbonyl (C=O) groups excluding carboxylic acids is 1. The zero-order valence-electron chi connectivity index (χ0n) is 23.9. The van der Waals surface area contributed by atoms with E-state index in [2.05, 4.69) is 39.9 Å². The van der Waals surface area contributed by atoms with Crippen molar-refractivity contribution < 1.29 is 19.1 Å². The van der Waals surface area contributed by atoms with Crippen LogP contribution in [0.1, 0.15) is 78.1 Å². The van der Waals surface area contributed by atoms with E-state index in [1.165, 1.54) is 0 Å². The third-order valence-corrected chi connectivity index (χ3v) is 6.78. The Labute approximate surface area is 236 Å². The summed E-state index contributed by atoms with van der Waals surface area (Å²) in [5.74, 6) is 1.96. The molecule has 1 saturated heterocycles.